The zero-order chi connectivity index (χ0) is 17.4. The van der Waals surface area contributed by atoms with Gasteiger partial charge in [0, 0.05) is 11.1 Å². The van der Waals surface area contributed by atoms with Crippen LogP contribution in [0.3, 0.4) is 0 Å². The lowest BCUT2D eigenvalue weighted by Gasteiger charge is -2.19. The summed E-state index contributed by atoms with van der Waals surface area (Å²) in [6.07, 6.45) is 0. The van der Waals surface area contributed by atoms with Gasteiger partial charge in [0.1, 0.15) is 11.5 Å². The van der Waals surface area contributed by atoms with Crippen LogP contribution in [0.2, 0.25) is 0 Å². The summed E-state index contributed by atoms with van der Waals surface area (Å²) in [7, 11) is 3.45. The minimum Gasteiger partial charge on any atom is -0.496 e. The van der Waals surface area contributed by atoms with Gasteiger partial charge in [0.25, 0.3) is 0 Å². The Bertz CT molecular complexity index is 1080. The number of rotatable bonds is 3. The molecule has 0 radical (unpaired) electrons. The quantitative estimate of drug-likeness (QED) is 0.460. The molecule has 0 amide bonds. The van der Waals surface area contributed by atoms with Crippen molar-refractivity contribution in [2.24, 2.45) is 0 Å². The van der Waals surface area contributed by atoms with Gasteiger partial charge < -0.3 is 9.47 Å². The topological polar surface area (TPSA) is 18.5 Å². The number of benzene rings is 4. The normalized spacial score (nSPS) is 11.0. The second-order valence-electron chi connectivity index (χ2n) is 6.19. The summed E-state index contributed by atoms with van der Waals surface area (Å²) in [6.45, 7) is 2.09. The molecule has 4 aromatic carbocycles. The van der Waals surface area contributed by atoms with Gasteiger partial charge in [-0.3, -0.25) is 0 Å². The Kier molecular flexibility index (Phi) is 3.81. The van der Waals surface area contributed by atoms with E-state index in [0.29, 0.717) is 0 Å². The number of hydrogen-bond acceptors (Lipinski definition) is 2. The fourth-order valence-electron chi connectivity index (χ4n) is 3.66. The van der Waals surface area contributed by atoms with Gasteiger partial charge in [-0.05, 0) is 46.2 Å². The van der Waals surface area contributed by atoms with Gasteiger partial charge >= 0.3 is 0 Å². The van der Waals surface area contributed by atoms with Crippen LogP contribution in [-0.4, -0.2) is 14.2 Å². The van der Waals surface area contributed by atoms with Crippen LogP contribution in [0.1, 0.15) is 5.56 Å². The van der Waals surface area contributed by atoms with Crippen molar-refractivity contribution < 1.29 is 9.47 Å². The van der Waals surface area contributed by atoms with Gasteiger partial charge in [-0.15, -0.1) is 0 Å². The molecule has 0 saturated carbocycles. The highest BCUT2D eigenvalue weighted by molar-refractivity contribution is 6.10. The molecule has 2 nitrogen and oxygen atoms in total. The maximum atomic E-state index is 5.83. The smallest absolute Gasteiger partial charge is 0.130 e. The van der Waals surface area contributed by atoms with Gasteiger partial charge in [0.15, 0.2) is 0 Å². The standard InChI is InChI=1S/C23H20O2/c1-15-14-17-9-5-7-11-19(17)22(23(15)25-3)21-18-10-6-4-8-16(18)12-13-20(21)24-2/h4-14H,1-3H3. The van der Waals surface area contributed by atoms with Crippen LogP contribution < -0.4 is 9.47 Å². The monoisotopic (exact) mass is 328 g/mol. The molecular weight excluding hydrogens is 308 g/mol. The summed E-state index contributed by atoms with van der Waals surface area (Å²) in [6, 6.07) is 23.1. The van der Waals surface area contributed by atoms with E-state index in [1.54, 1.807) is 14.2 Å². The molecule has 0 aromatic heterocycles. The lowest BCUT2D eigenvalue weighted by molar-refractivity contribution is 0.409. The Hall–Kier alpha value is -3.00. The minimum atomic E-state index is 0.854. The zero-order valence-corrected chi connectivity index (χ0v) is 14.7. The van der Waals surface area contributed by atoms with Crippen LogP contribution in [0.15, 0.2) is 66.7 Å². The van der Waals surface area contributed by atoms with E-state index in [1.165, 1.54) is 16.2 Å². The Morgan fingerprint density at radius 1 is 0.640 bits per heavy atom. The van der Waals surface area contributed by atoms with E-state index in [2.05, 4.69) is 67.6 Å². The average Bonchev–Trinajstić information content (AvgIpc) is 2.66. The Labute approximate surface area is 147 Å². The number of ether oxygens (including phenoxy) is 2. The van der Waals surface area contributed by atoms with Crippen molar-refractivity contribution in [1.29, 1.82) is 0 Å². The third-order valence-corrected chi connectivity index (χ3v) is 4.75. The van der Waals surface area contributed by atoms with Gasteiger partial charge in [0.2, 0.25) is 0 Å². The molecule has 124 valence electrons. The molecular formula is C23H20O2. The van der Waals surface area contributed by atoms with Crippen LogP contribution in [0.5, 0.6) is 11.5 Å². The summed E-state index contributed by atoms with van der Waals surface area (Å²) in [4.78, 5) is 0. The summed E-state index contributed by atoms with van der Waals surface area (Å²) in [5.74, 6) is 1.75. The Morgan fingerprint density at radius 3 is 1.96 bits per heavy atom. The minimum absolute atomic E-state index is 0.854. The van der Waals surface area contributed by atoms with E-state index in [0.717, 1.165) is 33.6 Å². The van der Waals surface area contributed by atoms with Crippen LogP contribution in [0.25, 0.3) is 32.7 Å². The predicted molar refractivity (Wildman–Crippen MR) is 105 cm³/mol. The average molecular weight is 328 g/mol. The third-order valence-electron chi connectivity index (χ3n) is 4.75. The number of aryl methyl sites for hydroxylation is 1. The lowest BCUT2D eigenvalue weighted by Crippen LogP contribution is -1.96. The summed E-state index contributed by atoms with van der Waals surface area (Å²) in [5.41, 5.74) is 3.29. The molecule has 4 aromatic rings. The molecule has 0 heterocycles. The lowest BCUT2D eigenvalue weighted by atomic mass is 9.90. The molecule has 0 spiro atoms. The van der Waals surface area contributed by atoms with Crippen molar-refractivity contribution in [3.8, 4) is 22.6 Å². The number of methoxy groups -OCH3 is 2. The Balaban J connectivity index is 2.24. The van der Waals surface area contributed by atoms with E-state index in [1.807, 2.05) is 6.07 Å². The first-order chi connectivity index (χ1) is 12.2. The molecule has 4 rings (SSSR count). The van der Waals surface area contributed by atoms with Crippen molar-refractivity contribution >= 4 is 21.5 Å². The van der Waals surface area contributed by atoms with Gasteiger partial charge in [-0.2, -0.15) is 0 Å². The predicted octanol–water partition coefficient (Wildman–Crippen LogP) is 5.99. The highest BCUT2D eigenvalue weighted by atomic mass is 16.5. The SMILES string of the molecule is COc1ccc2ccccc2c1-c1c(OC)c(C)cc2ccccc12. The first-order valence-electron chi connectivity index (χ1n) is 8.37. The summed E-state index contributed by atoms with van der Waals surface area (Å²) < 4.78 is 11.6. The third kappa shape index (κ3) is 2.42. The molecule has 0 unspecified atom stereocenters. The Morgan fingerprint density at radius 2 is 1.28 bits per heavy atom. The molecule has 0 aliphatic heterocycles. The number of fused-ring (bicyclic) bond motifs is 2. The molecule has 0 fully saturated rings. The van der Waals surface area contributed by atoms with Crippen LogP contribution in [0.4, 0.5) is 0 Å². The van der Waals surface area contributed by atoms with E-state index < -0.39 is 0 Å². The molecule has 0 aliphatic carbocycles. The van der Waals surface area contributed by atoms with Gasteiger partial charge in [0.05, 0.1) is 14.2 Å². The maximum absolute atomic E-state index is 5.83. The van der Waals surface area contributed by atoms with Crippen molar-refractivity contribution in [2.45, 2.75) is 6.92 Å². The van der Waals surface area contributed by atoms with Crippen molar-refractivity contribution in [3.63, 3.8) is 0 Å². The van der Waals surface area contributed by atoms with Crippen LogP contribution in [-0.2, 0) is 0 Å². The molecule has 0 aliphatic rings. The molecule has 0 saturated heterocycles. The highest BCUT2D eigenvalue weighted by Gasteiger charge is 2.19. The zero-order valence-electron chi connectivity index (χ0n) is 14.7. The molecule has 0 atom stereocenters. The maximum Gasteiger partial charge on any atom is 0.130 e. The first kappa shape index (κ1) is 15.5. The van der Waals surface area contributed by atoms with E-state index >= 15 is 0 Å². The number of hydrogen-bond donors (Lipinski definition) is 0. The fourth-order valence-corrected chi connectivity index (χ4v) is 3.66. The van der Waals surface area contributed by atoms with Gasteiger partial charge in [-0.25, -0.2) is 0 Å². The molecule has 2 heteroatoms. The fraction of sp³-hybridized carbons (Fsp3) is 0.130. The summed E-state index contributed by atoms with van der Waals surface area (Å²) in [5, 5.41) is 4.72. The van der Waals surface area contributed by atoms with E-state index in [4.69, 9.17) is 9.47 Å². The molecule has 0 bridgehead atoms. The highest BCUT2D eigenvalue weighted by Crippen LogP contribution is 2.46. The van der Waals surface area contributed by atoms with E-state index in [-0.39, 0.29) is 0 Å². The largest absolute Gasteiger partial charge is 0.496 e. The second-order valence-corrected chi connectivity index (χ2v) is 6.19. The first-order valence-corrected chi connectivity index (χ1v) is 8.37. The molecule has 0 N–H and O–H groups in total. The van der Waals surface area contributed by atoms with Crippen molar-refractivity contribution in [2.75, 3.05) is 14.2 Å². The van der Waals surface area contributed by atoms with Gasteiger partial charge in [-0.1, -0.05) is 54.6 Å². The summed E-state index contributed by atoms with van der Waals surface area (Å²) >= 11 is 0. The van der Waals surface area contributed by atoms with Crippen molar-refractivity contribution in [1.82, 2.24) is 0 Å². The second kappa shape index (κ2) is 6.14. The van der Waals surface area contributed by atoms with E-state index in [9.17, 15) is 0 Å². The van der Waals surface area contributed by atoms with Crippen LogP contribution in [0, 0.1) is 6.92 Å². The van der Waals surface area contributed by atoms with Crippen molar-refractivity contribution in [3.05, 3.63) is 72.3 Å². The molecule has 25 heavy (non-hydrogen) atoms. The van der Waals surface area contributed by atoms with Crippen LogP contribution >= 0.6 is 0 Å².